The van der Waals surface area contributed by atoms with E-state index in [1.807, 2.05) is 41.9 Å². The summed E-state index contributed by atoms with van der Waals surface area (Å²) in [6, 6.07) is 9.77. The summed E-state index contributed by atoms with van der Waals surface area (Å²) < 4.78 is 1.83. The summed E-state index contributed by atoms with van der Waals surface area (Å²) in [7, 11) is 0. The average Bonchev–Trinajstić information content (AvgIpc) is 2.78. The number of hydrogen-bond acceptors (Lipinski definition) is 2. The normalized spacial score (nSPS) is 10.8. The third kappa shape index (κ3) is 3.70. The highest BCUT2D eigenvalue weighted by Gasteiger charge is 2.10. The standard InChI is InChI=1S/C16H21N3O/c1-12(2)11-19-15(8-9-17-19)18-16(20)10-14-7-5-4-6-13(14)3/h4-9,12H,10-11H2,1-3H3,(H,18,20). The SMILES string of the molecule is Cc1ccccc1CC(=O)Nc1ccnn1CC(C)C. The quantitative estimate of drug-likeness (QED) is 0.908. The summed E-state index contributed by atoms with van der Waals surface area (Å²) in [5.41, 5.74) is 2.19. The van der Waals surface area contributed by atoms with Gasteiger partial charge in [-0.3, -0.25) is 4.79 Å². The first-order valence-electron chi connectivity index (χ1n) is 6.92. The van der Waals surface area contributed by atoms with Gasteiger partial charge in [0.15, 0.2) is 0 Å². The van der Waals surface area contributed by atoms with Gasteiger partial charge in [-0.1, -0.05) is 38.1 Å². The molecule has 106 valence electrons. The van der Waals surface area contributed by atoms with E-state index < -0.39 is 0 Å². The molecule has 0 saturated heterocycles. The number of hydrogen-bond donors (Lipinski definition) is 1. The summed E-state index contributed by atoms with van der Waals surface area (Å²) in [5, 5.41) is 7.17. The van der Waals surface area contributed by atoms with Crippen LogP contribution in [-0.4, -0.2) is 15.7 Å². The summed E-state index contributed by atoms with van der Waals surface area (Å²) in [6.45, 7) is 7.07. The molecular formula is C16H21N3O. The first kappa shape index (κ1) is 14.3. The molecule has 0 aliphatic carbocycles. The van der Waals surface area contributed by atoms with E-state index in [1.54, 1.807) is 6.20 Å². The Morgan fingerprint density at radius 1 is 1.30 bits per heavy atom. The van der Waals surface area contributed by atoms with Crippen molar-refractivity contribution in [1.29, 1.82) is 0 Å². The second kappa shape index (κ2) is 6.37. The lowest BCUT2D eigenvalue weighted by Gasteiger charge is -2.11. The molecule has 0 radical (unpaired) electrons. The van der Waals surface area contributed by atoms with Crippen molar-refractivity contribution in [2.75, 3.05) is 5.32 Å². The van der Waals surface area contributed by atoms with Gasteiger partial charge in [-0.25, -0.2) is 4.68 Å². The Balaban J connectivity index is 2.02. The first-order valence-corrected chi connectivity index (χ1v) is 6.92. The topological polar surface area (TPSA) is 46.9 Å². The Morgan fingerprint density at radius 2 is 2.05 bits per heavy atom. The van der Waals surface area contributed by atoms with Crippen molar-refractivity contribution >= 4 is 11.7 Å². The zero-order valence-electron chi connectivity index (χ0n) is 12.3. The minimum Gasteiger partial charge on any atom is -0.311 e. The van der Waals surface area contributed by atoms with Crippen LogP contribution in [0.4, 0.5) is 5.82 Å². The number of aryl methyl sites for hydroxylation is 1. The van der Waals surface area contributed by atoms with Crippen molar-refractivity contribution in [3.05, 3.63) is 47.7 Å². The summed E-state index contributed by atoms with van der Waals surface area (Å²) >= 11 is 0. The largest absolute Gasteiger partial charge is 0.311 e. The Morgan fingerprint density at radius 3 is 2.75 bits per heavy atom. The molecule has 2 aromatic rings. The Bertz CT molecular complexity index is 587. The van der Waals surface area contributed by atoms with Crippen LogP contribution in [0.25, 0.3) is 0 Å². The van der Waals surface area contributed by atoms with Gasteiger partial charge in [0.05, 0.1) is 12.6 Å². The predicted molar refractivity (Wildman–Crippen MR) is 80.6 cm³/mol. The van der Waals surface area contributed by atoms with Crippen LogP contribution in [0.1, 0.15) is 25.0 Å². The van der Waals surface area contributed by atoms with Crippen LogP contribution in [0.15, 0.2) is 36.5 Å². The maximum Gasteiger partial charge on any atom is 0.229 e. The lowest BCUT2D eigenvalue weighted by Crippen LogP contribution is -2.19. The monoisotopic (exact) mass is 271 g/mol. The maximum absolute atomic E-state index is 12.1. The molecule has 1 amide bonds. The maximum atomic E-state index is 12.1. The van der Waals surface area contributed by atoms with Crippen molar-refractivity contribution in [1.82, 2.24) is 9.78 Å². The van der Waals surface area contributed by atoms with E-state index in [2.05, 4.69) is 24.3 Å². The molecule has 4 nitrogen and oxygen atoms in total. The molecule has 0 spiro atoms. The van der Waals surface area contributed by atoms with Gasteiger partial charge in [-0.2, -0.15) is 5.10 Å². The molecule has 0 bridgehead atoms. The predicted octanol–water partition coefficient (Wildman–Crippen LogP) is 3.03. The van der Waals surface area contributed by atoms with Crippen molar-refractivity contribution in [3.8, 4) is 0 Å². The van der Waals surface area contributed by atoms with Crippen LogP contribution in [0.2, 0.25) is 0 Å². The van der Waals surface area contributed by atoms with Gasteiger partial charge >= 0.3 is 0 Å². The fourth-order valence-electron chi connectivity index (χ4n) is 2.10. The van der Waals surface area contributed by atoms with Crippen LogP contribution >= 0.6 is 0 Å². The molecule has 20 heavy (non-hydrogen) atoms. The molecule has 0 unspecified atom stereocenters. The number of nitrogens with zero attached hydrogens (tertiary/aromatic N) is 2. The van der Waals surface area contributed by atoms with Crippen molar-refractivity contribution in [2.45, 2.75) is 33.7 Å². The lowest BCUT2D eigenvalue weighted by atomic mass is 10.1. The average molecular weight is 271 g/mol. The minimum atomic E-state index is -0.00944. The van der Waals surface area contributed by atoms with Gasteiger partial charge in [0.2, 0.25) is 5.91 Å². The molecule has 1 aromatic carbocycles. The summed E-state index contributed by atoms with van der Waals surface area (Å²) in [5.74, 6) is 1.24. The van der Waals surface area contributed by atoms with Gasteiger partial charge in [-0.15, -0.1) is 0 Å². The number of anilines is 1. The van der Waals surface area contributed by atoms with Gasteiger partial charge in [-0.05, 0) is 24.0 Å². The highest BCUT2D eigenvalue weighted by Crippen LogP contribution is 2.12. The molecule has 0 saturated carbocycles. The van der Waals surface area contributed by atoms with Crippen molar-refractivity contribution in [3.63, 3.8) is 0 Å². The number of amides is 1. The van der Waals surface area contributed by atoms with E-state index in [9.17, 15) is 4.79 Å². The Hall–Kier alpha value is -2.10. The molecule has 1 N–H and O–H groups in total. The summed E-state index contributed by atoms with van der Waals surface area (Å²) in [4.78, 5) is 12.1. The van der Waals surface area contributed by atoms with Gasteiger partial charge < -0.3 is 5.32 Å². The lowest BCUT2D eigenvalue weighted by molar-refractivity contribution is -0.115. The van der Waals surface area contributed by atoms with Crippen LogP contribution in [-0.2, 0) is 17.8 Å². The Labute approximate surface area is 119 Å². The molecule has 0 atom stereocenters. The molecular weight excluding hydrogens is 250 g/mol. The van der Waals surface area contributed by atoms with E-state index >= 15 is 0 Å². The fraction of sp³-hybridized carbons (Fsp3) is 0.375. The molecule has 4 heteroatoms. The number of carbonyl (C=O) groups excluding carboxylic acids is 1. The van der Waals surface area contributed by atoms with E-state index in [-0.39, 0.29) is 5.91 Å². The van der Waals surface area contributed by atoms with Crippen LogP contribution in [0.5, 0.6) is 0 Å². The fourth-order valence-corrected chi connectivity index (χ4v) is 2.10. The third-order valence-corrected chi connectivity index (χ3v) is 3.13. The second-order valence-corrected chi connectivity index (χ2v) is 5.44. The number of rotatable bonds is 5. The van der Waals surface area contributed by atoms with E-state index in [4.69, 9.17) is 0 Å². The van der Waals surface area contributed by atoms with Crippen LogP contribution < -0.4 is 5.32 Å². The molecule has 1 aromatic heterocycles. The van der Waals surface area contributed by atoms with E-state index in [0.29, 0.717) is 12.3 Å². The third-order valence-electron chi connectivity index (χ3n) is 3.13. The Kier molecular flexibility index (Phi) is 4.56. The summed E-state index contributed by atoms with van der Waals surface area (Å²) in [6.07, 6.45) is 2.10. The van der Waals surface area contributed by atoms with Gasteiger partial charge in [0.1, 0.15) is 5.82 Å². The molecule has 2 rings (SSSR count). The minimum absolute atomic E-state index is 0.00944. The van der Waals surface area contributed by atoms with Crippen LogP contribution in [0, 0.1) is 12.8 Å². The number of nitrogens with one attached hydrogen (secondary N) is 1. The molecule has 1 heterocycles. The first-order chi connectivity index (χ1) is 9.56. The number of benzene rings is 1. The molecule has 0 fully saturated rings. The second-order valence-electron chi connectivity index (χ2n) is 5.44. The molecule has 0 aliphatic rings. The van der Waals surface area contributed by atoms with Crippen LogP contribution in [0.3, 0.4) is 0 Å². The van der Waals surface area contributed by atoms with Gasteiger partial charge in [0, 0.05) is 12.6 Å². The van der Waals surface area contributed by atoms with E-state index in [0.717, 1.165) is 23.5 Å². The van der Waals surface area contributed by atoms with E-state index in [1.165, 1.54) is 0 Å². The smallest absolute Gasteiger partial charge is 0.229 e. The van der Waals surface area contributed by atoms with Crippen molar-refractivity contribution in [2.24, 2.45) is 5.92 Å². The molecule has 0 aliphatic heterocycles. The highest BCUT2D eigenvalue weighted by atomic mass is 16.1. The zero-order valence-corrected chi connectivity index (χ0v) is 12.3. The van der Waals surface area contributed by atoms with Crippen molar-refractivity contribution < 1.29 is 4.79 Å². The highest BCUT2D eigenvalue weighted by molar-refractivity contribution is 5.91. The number of aromatic nitrogens is 2. The zero-order chi connectivity index (χ0) is 14.5. The number of carbonyl (C=O) groups is 1. The van der Waals surface area contributed by atoms with Gasteiger partial charge in [0.25, 0.3) is 0 Å².